The van der Waals surface area contributed by atoms with E-state index >= 15 is 0 Å². The number of aromatic nitrogens is 2. The third kappa shape index (κ3) is 4.88. The van der Waals surface area contributed by atoms with Gasteiger partial charge in [0.15, 0.2) is 17.6 Å². The average molecular weight is 509 g/mol. The van der Waals surface area contributed by atoms with Crippen molar-refractivity contribution in [2.45, 2.75) is 26.4 Å². The van der Waals surface area contributed by atoms with Gasteiger partial charge in [-0.1, -0.05) is 34.5 Å². The van der Waals surface area contributed by atoms with Crippen LogP contribution in [-0.2, 0) is 11.2 Å². The highest BCUT2D eigenvalue weighted by atomic mass is 79.9. The van der Waals surface area contributed by atoms with E-state index in [1.807, 2.05) is 13.0 Å². The van der Waals surface area contributed by atoms with E-state index in [2.05, 4.69) is 26.0 Å². The Morgan fingerprint density at radius 1 is 1.39 bits per heavy atom. The van der Waals surface area contributed by atoms with Crippen LogP contribution in [0, 0.1) is 0 Å². The molecule has 0 spiro atoms. The molecule has 0 amide bonds. The van der Waals surface area contributed by atoms with Gasteiger partial charge in [-0.05, 0) is 42.8 Å². The van der Waals surface area contributed by atoms with Crippen LogP contribution in [0.5, 0.6) is 11.5 Å². The second kappa shape index (κ2) is 9.49. The zero-order valence-corrected chi connectivity index (χ0v) is 19.3. The number of hydrogen-bond acceptors (Lipinski definition) is 6. The Morgan fingerprint density at radius 2 is 2.13 bits per heavy atom. The number of halogens is 2. The number of carboxylic acids is 1. The second-order valence-electron chi connectivity index (χ2n) is 6.54. The lowest BCUT2D eigenvalue weighted by atomic mass is 10.2. The highest BCUT2D eigenvalue weighted by molar-refractivity contribution is 9.10. The first-order chi connectivity index (χ1) is 14.7. The molecule has 0 unspecified atom stereocenters. The lowest BCUT2D eigenvalue weighted by molar-refractivity contribution is -0.144. The number of nitrogens with zero attached hydrogens (tertiary/aromatic N) is 3. The number of carbonyl (C=O) groups is 1. The fourth-order valence-corrected chi connectivity index (χ4v) is 3.45. The molecule has 10 heteroatoms. The van der Waals surface area contributed by atoms with Crippen LogP contribution in [0.4, 0.5) is 0 Å². The standard InChI is InChI=1S/C21H19BrClN3O5/c1-4-18-25-16-6-5-13(22)9-14(16)20(27)26(18)24-10-12-7-15(23)19(17(8-12)30-3)31-11(2)21(28)29/h5-11H,4H2,1-3H3,(H,28,29)/t11-/m0/s1. The molecule has 1 N–H and O–H groups in total. The van der Waals surface area contributed by atoms with Crippen LogP contribution >= 0.6 is 27.5 Å². The summed E-state index contributed by atoms with van der Waals surface area (Å²) in [5.41, 5.74) is 0.823. The van der Waals surface area contributed by atoms with Gasteiger partial charge in [0.05, 0.1) is 29.2 Å². The lowest BCUT2D eigenvalue weighted by Crippen LogP contribution is -2.23. The maximum absolute atomic E-state index is 13.0. The summed E-state index contributed by atoms with van der Waals surface area (Å²) in [5, 5.41) is 14.0. The van der Waals surface area contributed by atoms with Crippen LogP contribution in [0.3, 0.4) is 0 Å². The molecular weight excluding hydrogens is 490 g/mol. The van der Waals surface area contributed by atoms with Crippen molar-refractivity contribution in [3.8, 4) is 11.5 Å². The topological polar surface area (TPSA) is 103 Å². The minimum absolute atomic E-state index is 0.111. The summed E-state index contributed by atoms with van der Waals surface area (Å²) in [7, 11) is 1.41. The van der Waals surface area contributed by atoms with Crippen molar-refractivity contribution < 1.29 is 19.4 Å². The molecule has 0 aliphatic carbocycles. The number of fused-ring (bicyclic) bond motifs is 1. The molecule has 0 aliphatic heterocycles. The van der Waals surface area contributed by atoms with Crippen molar-refractivity contribution in [2.24, 2.45) is 5.10 Å². The average Bonchev–Trinajstić information content (AvgIpc) is 2.74. The van der Waals surface area contributed by atoms with E-state index in [1.165, 1.54) is 24.9 Å². The minimum atomic E-state index is -1.13. The molecule has 3 rings (SSSR count). The van der Waals surface area contributed by atoms with Crippen molar-refractivity contribution in [1.29, 1.82) is 0 Å². The van der Waals surface area contributed by atoms with E-state index in [-0.39, 0.29) is 22.1 Å². The van der Waals surface area contributed by atoms with Crippen molar-refractivity contribution in [3.63, 3.8) is 0 Å². The maximum atomic E-state index is 13.0. The van der Waals surface area contributed by atoms with Crippen LogP contribution in [0.2, 0.25) is 5.02 Å². The summed E-state index contributed by atoms with van der Waals surface area (Å²) in [6.07, 6.45) is 0.840. The first-order valence-corrected chi connectivity index (χ1v) is 10.4. The fourth-order valence-electron chi connectivity index (χ4n) is 2.82. The van der Waals surface area contributed by atoms with Gasteiger partial charge in [0, 0.05) is 10.9 Å². The van der Waals surface area contributed by atoms with E-state index in [9.17, 15) is 9.59 Å². The Labute approximate surface area is 191 Å². The molecular formula is C21H19BrClN3O5. The third-order valence-electron chi connectivity index (χ3n) is 4.41. The normalized spacial score (nSPS) is 12.3. The molecule has 1 atom stereocenters. The van der Waals surface area contributed by atoms with E-state index in [0.717, 1.165) is 4.47 Å². The highest BCUT2D eigenvalue weighted by Crippen LogP contribution is 2.36. The number of rotatable bonds is 7. The number of benzene rings is 2. The number of aryl methyl sites for hydroxylation is 1. The van der Waals surface area contributed by atoms with Gasteiger partial charge in [-0.2, -0.15) is 9.78 Å². The molecule has 1 aromatic heterocycles. The van der Waals surface area contributed by atoms with E-state index in [4.69, 9.17) is 26.2 Å². The Kier molecular flexibility index (Phi) is 6.97. The molecule has 0 bridgehead atoms. The molecule has 0 saturated carbocycles. The zero-order chi connectivity index (χ0) is 22.7. The number of ether oxygens (including phenoxy) is 2. The molecule has 0 fully saturated rings. The van der Waals surface area contributed by atoms with Gasteiger partial charge >= 0.3 is 5.97 Å². The Bertz CT molecular complexity index is 1240. The minimum Gasteiger partial charge on any atom is -0.493 e. The summed E-state index contributed by atoms with van der Waals surface area (Å²) < 4.78 is 12.7. The maximum Gasteiger partial charge on any atom is 0.344 e. The summed E-state index contributed by atoms with van der Waals surface area (Å²) in [6.45, 7) is 3.27. The monoisotopic (exact) mass is 507 g/mol. The van der Waals surface area contributed by atoms with Gasteiger partial charge in [0.1, 0.15) is 5.82 Å². The van der Waals surface area contributed by atoms with Crippen LogP contribution in [0.15, 0.2) is 44.7 Å². The summed E-state index contributed by atoms with van der Waals surface area (Å²) >= 11 is 9.65. The van der Waals surface area contributed by atoms with Crippen molar-refractivity contribution in [2.75, 3.05) is 7.11 Å². The van der Waals surface area contributed by atoms with E-state index in [1.54, 1.807) is 24.3 Å². The van der Waals surface area contributed by atoms with Crippen LogP contribution in [-0.4, -0.2) is 40.2 Å². The molecule has 0 aliphatic rings. The zero-order valence-electron chi connectivity index (χ0n) is 16.9. The molecule has 2 aromatic carbocycles. The molecule has 0 saturated heterocycles. The predicted octanol–water partition coefficient (Wildman–Crippen LogP) is 4.12. The first-order valence-electron chi connectivity index (χ1n) is 9.27. The molecule has 0 radical (unpaired) electrons. The SMILES string of the molecule is CCc1nc2ccc(Br)cc2c(=O)n1N=Cc1cc(Cl)c(O[C@@H](C)C(=O)O)c(OC)c1. The number of hydrogen-bond donors (Lipinski definition) is 1. The molecule has 162 valence electrons. The Hall–Kier alpha value is -2.91. The van der Waals surface area contributed by atoms with Crippen molar-refractivity contribution in [3.05, 3.63) is 61.6 Å². The Morgan fingerprint density at radius 3 is 2.77 bits per heavy atom. The smallest absolute Gasteiger partial charge is 0.344 e. The van der Waals surface area contributed by atoms with Crippen LogP contribution in [0.25, 0.3) is 10.9 Å². The van der Waals surface area contributed by atoms with Crippen molar-refractivity contribution in [1.82, 2.24) is 9.66 Å². The molecule has 31 heavy (non-hydrogen) atoms. The van der Waals surface area contributed by atoms with Gasteiger partial charge in [0.2, 0.25) is 0 Å². The fraction of sp³-hybridized carbons (Fsp3) is 0.238. The number of aliphatic carboxylic acids is 1. The summed E-state index contributed by atoms with van der Waals surface area (Å²) in [6, 6.07) is 8.42. The largest absolute Gasteiger partial charge is 0.493 e. The Balaban J connectivity index is 2.04. The van der Waals surface area contributed by atoms with E-state index in [0.29, 0.717) is 28.7 Å². The quantitative estimate of drug-likeness (QED) is 0.482. The van der Waals surface area contributed by atoms with Gasteiger partial charge in [0.25, 0.3) is 5.56 Å². The van der Waals surface area contributed by atoms with Crippen LogP contribution < -0.4 is 15.0 Å². The lowest BCUT2D eigenvalue weighted by Gasteiger charge is -2.15. The second-order valence-corrected chi connectivity index (χ2v) is 7.86. The van der Waals surface area contributed by atoms with Gasteiger partial charge in [-0.15, -0.1) is 0 Å². The van der Waals surface area contributed by atoms with Crippen molar-refractivity contribution >= 4 is 50.6 Å². The molecule has 8 nitrogen and oxygen atoms in total. The number of methoxy groups -OCH3 is 1. The van der Waals surface area contributed by atoms with Crippen LogP contribution in [0.1, 0.15) is 25.2 Å². The van der Waals surface area contributed by atoms with Gasteiger partial charge < -0.3 is 14.6 Å². The number of carboxylic acid groups (broad SMARTS) is 1. The molecule has 3 aromatic rings. The van der Waals surface area contributed by atoms with Gasteiger partial charge in [-0.3, -0.25) is 4.79 Å². The summed E-state index contributed by atoms with van der Waals surface area (Å²) in [4.78, 5) is 28.6. The van der Waals surface area contributed by atoms with Gasteiger partial charge in [-0.25, -0.2) is 9.78 Å². The van der Waals surface area contributed by atoms with E-state index < -0.39 is 12.1 Å². The third-order valence-corrected chi connectivity index (χ3v) is 5.18. The highest BCUT2D eigenvalue weighted by Gasteiger charge is 2.19. The molecule has 1 heterocycles. The first kappa shape index (κ1) is 22.8. The summed E-state index contributed by atoms with van der Waals surface area (Å²) in [5.74, 6) is -0.277. The predicted molar refractivity (Wildman–Crippen MR) is 122 cm³/mol.